The summed E-state index contributed by atoms with van der Waals surface area (Å²) < 4.78 is 6.48. The minimum absolute atomic E-state index is 0.175. The minimum atomic E-state index is -0.388. The van der Waals surface area contributed by atoms with Crippen LogP contribution in [0.1, 0.15) is 37.4 Å². The number of esters is 1. The number of anilines is 1. The van der Waals surface area contributed by atoms with E-state index in [2.05, 4.69) is 10.4 Å². The molecule has 1 heterocycles. The topological polar surface area (TPSA) is 73.2 Å². The normalized spacial score (nSPS) is 10.5. The summed E-state index contributed by atoms with van der Waals surface area (Å²) in [6.07, 6.45) is 3.32. The van der Waals surface area contributed by atoms with Gasteiger partial charge in [-0.3, -0.25) is 9.48 Å². The molecular weight excluding hydrogens is 342 g/mol. The fraction of sp³-hybridized carbons (Fsp3) is 0.190. The maximum Gasteiger partial charge on any atom is 0.338 e. The van der Waals surface area contributed by atoms with Crippen molar-refractivity contribution in [3.05, 3.63) is 82.7 Å². The van der Waals surface area contributed by atoms with Gasteiger partial charge in [-0.05, 0) is 37.1 Å². The average molecular weight is 363 g/mol. The Morgan fingerprint density at radius 3 is 2.67 bits per heavy atom. The van der Waals surface area contributed by atoms with Crippen LogP contribution in [0.2, 0.25) is 0 Å². The Balaban J connectivity index is 1.75. The second kappa shape index (κ2) is 7.86. The molecule has 3 aromatic rings. The number of methoxy groups -OCH3 is 1. The molecule has 1 amide bonds. The van der Waals surface area contributed by atoms with Crippen LogP contribution >= 0.6 is 0 Å². The quantitative estimate of drug-likeness (QED) is 0.703. The molecule has 0 aliphatic carbocycles. The van der Waals surface area contributed by atoms with E-state index in [1.165, 1.54) is 7.11 Å². The van der Waals surface area contributed by atoms with Crippen LogP contribution in [0.3, 0.4) is 0 Å². The van der Waals surface area contributed by atoms with E-state index in [0.717, 1.165) is 16.7 Å². The van der Waals surface area contributed by atoms with E-state index in [1.54, 1.807) is 29.2 Å². The van der Waals surface area contributed by atoms with Gasteiger partial charge in [-0.2, -0.15) is 5.10 Å². The van der Waals surface area contributed by atoms with Crippen molar-refractivity contribution in [1.82, 2.24) is 9.78 Å². The predicted molar refractivity (Wildman–Crippen MR) is 103 cm³/mol. The Bertz CT molecular complexity index is 992. The number of carbonyl (C=O) groups is 2. The van der Waals surface area contributed by atoms with Crippen molar-refractivity contribution >= 4 is 17.6 Å². The number of carbonyl (C=O) groups excluding carboxylic acids is 2. The summed E-state index contributed by atoms with van der Waals surface area (Å²) in [4.78, 5) is 24.4. The molecule has 1 aromatic heterocycles. The van der Waals surface area contributed by atoms with Crippen molar-refractivity contribution < 1.29 is 14.3 Å². The summed E-state index contributed by atoms with van der Waals surface area (Å²) in [5, 5.41) is 7.14. The van der Waals surface area contributed by atoms with E-state index in [4.69, 9.17) is 4.74 Å². The number of hydrogen-bond donors (Lipinski definition) is 1. The summed E-state index contributed by atoms with van der Waals surface area (Å²) in [6.45, 7) is 4.25. The third-order valence-corrected chi connectivity index (χ3v) is 4.28. The molecule has 2 aromatic carbocycles. The van der Waals surface area contributed by atoms with Crippen LogP contribution in [0.25, 0.3) is 0 Å². The van der Waals surface area contributed by atoms with Crippen LogP contribution in [-0.4, -0.2) is 28.8 Å². The van der Waals surface area contributed by atoms with Gasteiger partial charge in [-0.25, -0.2) is 4.79 Å². The molecular formula is C21H21N3O3. The van der Waals surface area contributed by atoms with Gasteiger partial charge in [0.2, 0.25) is 0 Å². The van der Waals surface area contributed by atoms with E-state index in [0.29, 0.717) is 23.4 Å². The Morgan fingerprint density at radius 1 is 1.11 bits per heavy atom. The number of benzene rings is 2. The van der Waals surface area contributed by atoms with Crippen LogP contribution in [0.15, 0.2) is 54.9 Å². The van der Waals surface area contributed by atoms with Gasteiger partial charge in [0.25, 0.3) is 5.91 Å². The van der Waals surface area contributed by atoms with E-state index in [-0.39, 0.29) is 11.9 Å². The fourth-order valence-corrected chi connectivity index (χ4v) is 2.84. The van der Waals surface area contributed by atoms with Gasteiger partial charge in [0.15, 0.2) is 0 Å². The van der Waals surface area contributed by atoms with Gasteiger partial charge >= 0.3 is 5.97 Å². The van der Waals surface area contributed by atoms with Crippen molar-refractivity contribution in [2.75, 3.05) is 12.4 Å². The van der Waals surface area contributed by atoms with Crippen molar-refractivity contribution in [3.63, 3.8) is 0 Å². The molecule has 3 rings (SSSR count). The number of aryl methyl sites for hydroxylation is 2. The highest BCUT2D eigenvalue weighted by atomic mass is 16.5. The third kappa shape index (κ3) is 4.23. The van der Waals surface area contributed by atoms with E-state index in [1.807, 2.05) is 44.2 Å². The lowest BCUT2D eigenvalue weighted by Crippen LogP contribution is -2.13. The zero-order chi connectivity index (χ0) is 19.4. The van der Waals surface area contributed by atoms with Gasteiger partial charge in [0.1, 0.15) is 0 Å². The van der Waals surface area contributed by atoms with Gasteiger partial charge in [-0.15, -0.1) is 0 Å². The zero-order valence-electron chi connectivity index (χ0n) is 15.5. The molecule has 0 fully saturated rings. The molecule has 0 saturated carbocycles. The standard InChI is InChI=1S/C21H21N3O3/c1-14-8-9-15(2)19(10-14)20(25)23-17-11-22-24(13-17)12-16-6-4-5-7-18(16)21(26)27-3/h4-11,13H,12H2,1-3H3,(H,23,25). The molecule has 27 heavy (non-hydrogen) atoms. The maximum atomic E-state index is 12.5. The first kappa shape index (κ1) is 18.4. The zero-order valence-corrected chi connectivity index (χ0v) is 15.5. The average Bonchev–Trinajstić information content (AvgIpc) is 3.10. The molecule has 0 radical (unpaired) electrons. The van der Waals surface area contributed by atoms with Gasteiger partial charge in [0, 0.05) is 11.8 Å². The molecule has 0 spiro atoms. The van der Waals surface area contributed by atoms with E-state index < -0.39 is 0 Å². The maximum absolute atomic E-state index is 12.5. The number of nitrogens with zero attached hydrogens (tertiary/aromatic N) is 2. The highest BCUT2D eigenvalue weighted by Gasteiger charge is 2.13. The van der Waals surface area contributed by atoms with Crippen LogP contribution < -0.4 is 5.32 Å². The van der Waals surface area contributed by atoms with Gasteiger partial charge < -0.3 is 10.1 Å². The van der Waals surface area contributed by atoms with E-state index >= 15 is 0 Å². The molecule has 138 valence electrons. The monoisotopic (exact) mass is 363 g/mol. The van der Waals surface area contributed by atoms with Crippen molar-refractivity contribution in [3.8, 4) is 0 Å². The molecule has 6 nitrogen and oxygen atoms in total. The predicted octanol–water partition coefficient (Wildman–Crippen LogP) is 3.59. The number of aromatic nitrogens is 2. The Kier molecular flexibility index (Phi) is 5.35. The Morgan fingerprint density at radius 2 is 1.89 bits per heavy atom. The second-order valence-electron chi connectivity index (χ2n) is 6.35. The smallest absolute Gasteiger partial charge is 0.338 e. The summed E-state index contributed by atoms with van der Waals surface area (Å²) in [5.41, 5.74) is 4.46. The van der Waals surface area contributed by atoms with Crippen molar-refractivity contribution in [2.24, 2.45) is 0 Å². The molecule has 0 saturated heterocycles. The van der Waals surface area contributed by atoms with Crippen LogP contribution in [0, 0.1) is 13.8 Å². The second-order valence-corrected chi connectivity index (χ2v) is 6.35. The molecule has 0 atom stereocenters. The fourth-order valence-electron chi connectivity index (χ4n) is 2.84. The summed E-state index contributed by atoms with van der Waals surface area (Å²) in [7, 11) is 1.36. The molecule has 1 N–H and O–H groups in total. The van der Waals surface area contributed by atoms with Crippen LogP contribution in [0.4, 0.5) is 5.69 Å². The summed E-state index contributed by atoms with van der Waals surface area (Å²) in [5.74, 6) is -0.563. The van der Waals surface area contributed by atoms with Gasteiger partial charge in [0.05, 0.1) is 31.1 Å². The number of hydrogen-bond acceptors (Lipinski definition) is 4. The van der Waals surface area contributed by atoms with Gasteiger partial charge in [-0.1, -0.05) is 35.9 Å². The summed E-state index contributed by atoms with van der Waals surface area (Å²) >= 11 is 0. The highest BCUT2D eigenvalue weighted by molar-refractivity contribution is 6.05. The number of nitrogens with one attached hydrogen (secondary N) is 1. The molecule has 0 bridgehead atoms. The number of amides is 1. The number of rotatable bonds is 5. The van der Waals surface area contributed by atoms with Crippen molar-refractivity contribution in [1.29, 1.82) is 0 Å². The SMILES string of the molecule is COC(=O)c1ccccc1Cn1cc(NC(=O)c2cc(C)ccc2C)cn1. The first-order valence-electron chi connectivity index (χ1n) is 8.55. The lowest BCUT2D eigenvalue weighted by atomic mass is 10.1. The first-order valence-corrected chi connectivity index (χ1v) is 8.55. The molecule has 0 aliphatic rings. The molecule has 0 aliphatic heterocycles. The Labute approximate surface area is 157 Å². The largest absolute Gasteiger partial charge is 0.465 e. The molecule has 6 heteroatoms. The number of ether oxygens (including phenoxy) is 1. The van der Waals surface area contributed by atoms with Crippen LogP contribution in [-0.2, 0) is 11.3 Å². The minimum Gasteiger partial charge on any atom is -0.465 e. The first-order chi connectivity index (χ1) is 13.0. The lowest BCUT2D eigenvalue weighted by molar-refractivity contribution is 0.0599. The van der Waals surface area contributed by atoms with E-state index in [9.17, 15) is 9.59 Å². The lowest BCUT2D eigenvalue weighted by Gasteiger charge is -2.08. The van der Waals surface area contributed by atoms with Crippen LogP contribution in [0.5, 0.6) is 0 Å². The van der Waals surface area contributed by atoms with Crippen molar-refractivity contribution in [2.45, 2.75) is 20.4 Å². The molecule has 0 unspecified atom stereocenters. The summed E-state index contributed by atoms with van der Waals surface area (Å²) in [6, 6.07) is 13.0. The third-order valence-electron chi connectivity index (χ3n) is 4.28. The highest BCUT2D eigenvalue weighted by Crippen LogP contribution is 2.16. The Hall–Kier alpha value is -3.41.